The fraction of sp³-hybridized carbons (Fsp3) is 0.417. The highest BCUT2D eigenvalue weighted by Crippen LogP contribution is 2.13. The van der Waals surface area contributed by atoms with Crippen molar-refractivity contribution < 1.29 is 0 Å². The Hall–Kier alpha value is -1.13. The second kappa shape index (κ2) is 5.27. The Morgan fingerprint density at radius 3 is 3.12 bits per heavy atom. The molecule has 0 radical (unpaired) electrons. The summed E-state index contributed by atoms with van der Waals surface area (Å²) in [7, 11) is 0. The zero-order valence-electron chi connectivity index (χ0n) is 9.68. The molecule has 0 aliphatic rings. The fourth-order valence-electron chi connectivity index (χ4n) is 1.74. The van der Waals surface area contributed by atoms with E-state index < -0.39 is 0 Å². The molecular formula is C12H17N3S. The van der Waals surface area contributed by atoms with Crippen molar-refractivity contribution in [2.45, 2.75) is 26.4 Å². The molecule has 0 saturated carbocycles. The number of hydrogen-bond acceptors (Lipinski definition) is 3. The average molecular weight is 235 g/mol. The fourth-order valence-corrected chi connectivity index (χ4v) is 2.29. The molecule has 0 aromatic carbocycles. The molecule has 86 valence electrons. The lowest BCUT2D eigenvalue weighted by molar-refractivity contribution is 0.596. The third kappa shape index (κ3) is 2.71. The first-order valence-electron chi connectivity index (χ1n) is 5.55. The van der Waals surface area contributed by atoms with Crippen LogP contribution in [0.3, 0.4) is 0 Å². The van der Waals surface area contributed by atoms with E-state index in [1.807, 2.05) is 5.51 Å². The minimum Gasteiger partial charge on any atom is -0.348 e. The second-order valence-corrected chi connectivity index (χ2v) is 4.60. The summed E-state index contributed by atoms with van der Waals surface area (Å²) in [4.78, 5) is 4.28. The minimum absolute atomic E-state index is 0.418. The molecule has 0 amide bonds. The predicted octanol–water partition coefficient (Wildman–Crippen LogP) is 2.66. The summed E-state index contributed by atoms with van der Waals surface area (Å²) in [5.74, 6) is 0. The van der Waals surface area contributed by atoms with Gasteiger partial charge in [0.15, 0.2) is 0 Å². The van der Waals surface area contributed by atoms with Gasteiger partial charge in [-0.15, -0.1) is 11.3 Å². The van der Waals surface area contributed by atoms with E-state index in [2.05, 4.69) is 52.6 Å². The smallest absolute Gasteiger partial charge is 0.0795 e. The van der Waals surface area contributed by atoms with E-state index in [1.165, 1.54) is 5.56 Å². The maximum atomic E-state index is 4.28. The van der Waals surface area contributed by atoms with Crippen LogP contribution in [0.25, 0.3) is 0 Å². The van der Waals surface area contributed by atoms with Crippen molar-refractivity contribution in [3.05, 3.63) is 40.6 Å². The first-order valence-corrected chi connectivity index (χ1v) is 6.50. The topological polar surface area (TPSA) is 29.9 Å². The zero-order chi connectivity index (χ0) is 11.4. The lowest BCUT2D eigenvalue weighted by atomic mass is 10.2. The molecule has 1 N–H and O–H groups in total. The van der Waals surface area contributed by atoms with Gasteiger partial charge in [0.05, 0.1) is 17.7 Å². The lowest BCUT2D eigenvalue weighted by Gasteiger charge is -2.09. The van der Waals surface area contributed by atoms with Crippen LogP contribution in [0.15, 0.2) is 29.4 Å². The van der Waals surface area contributed by atoms with Gasteiger partial charge in [0.25, 0.3) is 0 Å². The van der Waals surface area contributed by atoms with Crippen molar-refractivity contribution in [1.29, 1.82) is 0 Å². The van der Waals surface area contributed by atoms with Crippen LogP contribution < -0.4 is 5.32 Å². The number of aromatic nitrogens is 2. The molecule has 0 aliphatic heterocycles. The Bertz CT molecular complexity index is 419. The summed E-state index contributed by atoms with van der Waals surface area (Å²) in [5, 5.41) is 5.50. The van der Waals surface area contributed by atoms with Crippen molar-refractivity contribution in [2.75, 3.05) is 6.54 Å². The van der Waals surface area contributed by atoms with E-state index >= 15 is 0 Å². The Labute approximate surface area is 100 Å². The summed E-state index contributed by atoms with van der Waals surface area (Å²) in [6, 6.07) is 2.58. The van der Waals surface area contributed by atoms with Crippen LogP contribution in [0.5, 0.6) is 0 Å². The standard InChI is InChI=1S/C12H17N3S/c1-3-13-10(2)11-4-5-15(6-11)7-12-8-16-9-14-12/h4-6,8-10,13H,3,7H2,1-2H3. The molecule has 3 nitrogen and oxygen atoms in total. The molecule has 2 rings (SSSR count). The number of hydrogen-bond donors (Lipinski definition) is 1. The molecule has 0 bridgehead atoms. The lowest BCUT2D eigenvalue weighted by Crippen LogP contribution is -2.17. The Morgan fingerprint density at radius 2 is 2.44 bits per heavy atom. The summed E-state index contributed by atoms with van der Waals surface area (Å²) < 4.78 is 2.18. The highest BCUT2D eigenvalue weighted by Gasteiger charge is 2.05. The Balaban J connectivity index is 2.02. The van der Waals surface area contributed by atoms with E-state index in [0.717, 1.165) is 18.8 Å². The van der Waals surface area contributed by atoms with Crippen LogP contribution in [0, 0.1) is 0 Å². The zero-order valence-corrected chi connectivity index (χ0v) is 10.5. The minimum atomic E-state index is 0.418. The van der Waals surface area contributed by atoms with Gasteiger partial charge in [-0.2, -0.15) is 0 Å². The molecule has 0 aliphatic carbocycles. The van der Waals surface area contributed by atoms with Crippen LogP contribution in [-0.2, 0) is 6.54 Å². The largest absolute Gasteiger partial charge is 0.348 e. The summed E-state index contributed by atoms with van der Waals surface area (Å²) in [6.07, 6.45) is 4.30. The van der Waals surface area contributed by atoms with Crippen molar-refractivity contribution in [3.8, 4) is 0 Å². The van der Waals surface area contributed by atoms with Gasteiger partial charge in [0.1, 0.15) is 0 Å². The highest BCUT2D eigenvalue weighted by atomic mass is 32.1. The molecule has 1 unspecified atom stereocenters. The Kier molecular flexibility index (Phi) is 3.74. The first-order chi connectivity index (χ1) is 7.79. The van der Waals surface area contributed by atoms with Gasteiger partial charge >= 0.3 is 0 Å². The van der Waals surface area contributed by atoms with Gasteiger partial charge in [-0.1, -0.05) is 6.92 Å². The molecule has 2 aromatic rings. The highest BCUT2D eigenvalue weighted by molar-refractivity contribution is 7.07. The van der Waals surface area contributed by atoms with Gasteiger partial charge in [0.2, 0.25) is 0 Å². The summed E-state index contributed by atoms with van der Waals surface area (Å²) >= 11 is 1.64. The van der Waals surface area contributed by atoms with Crippen molar-refractivity contribution >= 4 is 11.3 Å². The predicted molar refractivity (Wildman–Crippen MR) is 67.7 cm³/mol. The monoisotopic (exact) mass is 235 g/mol. The van der Waals surface area contributed by atoms with Gasteiger partial charge in [-0.3, -0.25) is 0 Å². The number of nitrogens with one attached hydrogen (secondary N) is 1. The molecule has 2 heterocycles. The van der Waals surface area contributed by atoms with Crippen LogP contribution >= 0.6 is 11.3 Å². The van der Waals surface area contributed by atoms with Crippen molar-refractivity contribution in [3.63, 3.8) is 0 Å². The molecule has 0 fully saturated rings. The van der Waals surface area contributed by atoms with Crippen molar-refractivity contribution in [1.82, 2.24) is 14.9 Å². The SMILES string of the molecule is CCNC(C)c1ccn(Cc2cscn2)c1. The normalized spacial score (nSPS) is 12.9. The molecule has 16 heavy (non-hydrogen) atoms. The van der Waals surface area contributed by atoms with Crippen molar-refractivity contribution in [2.24, 2.45) is 0 Å². The third-order valence-corrected chi connectivity index (χ3v) is 3.25. The van der Waals surface area contributed by atoms with Gasteiger partial charge in [-0.05, 0) is 25.1 Å². The van der Waals surface area contributed by atoms with Gasteiger partial charge in [-0.25, -0.2) is 4.98 Å². The van der Waals surface area contributed by atoms with Gasteiger partial charge < -0.3 is 9.88 Å². The maximum Gasteiger partial charge on any atom is 0.0795 e. The van der Waals surface area contributed by atoms with E-state index in [4.69, 9.17) is 0 Å². The molecule has 4 heteroatoms. The molecule has 1 atom stereocenters. The molecule has 0 saturated heterocycles. The first kappa shape index (κ1) is 11.4. The molecule has 0 spiro atoms. The van der Waals surface area contributed by atoms with E-state index in [1.54, 1.807) is 11.3 Å². The Morgan fingerprint density at radius 1 is 1.56 bits per heavy atom. The van der Waals surface area contributed by atoms with Crippen LogP contribution in [0.2, 0.25) is 0 Å². The average Bonchev–Trinajstić information content (AvgIpc) is 2.90. The third-order valence-electron chi connectivity index (χ3n) is 2.61. The van der Waals surface area contributed by atoms with E-state index in [9.17, 15) is 0 Å². The number of thiazole rings is 1. The molecule has 2 aromatic heterocycles. The van der Waals surface area contributed by atoms with E-state index in [0.29, 0.717) is 6.04 Å². The van der Waals surface area contributed by atoms with Crippen LogP contribution in [0.1, 0.15) is 31.1 Å². The van der Waals surface area contributed by atoms with Crippen LogP contribution in [-0.4, -0.2) is 16.1 Å². The quantitative estimate of drug-likeness (QED) is 0.863. The number of nitrogens with zero attached hydrogens (tertiary/aromatic N) is 2. The maximum absolute atomic E-state index is 4.28. The van der Waals surface area contributed by atoms with Gasteiger partial charge in [0, 0.05) is 23.8 Å². The summed E-state index contributed by atoms with van der Waals surface area (Å²) in [6.45, 7) is 6.18. The molecular weight excluding hydrogens is 218 g/mol. The second-order valence-electron chi connectivity index (χ2n) is 3.88. The van der Waals surface area contributed by atoms with E-state index in [-0.39, 0.29) is 0 Å². The summed E-state index contributed by atoms with van der Waals surface area (Å²) in [5.41, 5.74) is 4.33. The van der Waals surface area contributed by atoms with Crippen LogP contribution in [0.4, 0.5) is 0 Å². The number of rotatable bonds is 5.